The Morgan fingerprint density at radius 1 is 1.26 bits per heavy atom. The fraction of sp³-hybridized carbons (Fsp3) is 1.00. The van der Waals surface area contributed by atoms with Crippen LogP contribution in [-0.2, 0) is 9.84 Å². The third kappa shape index (κ3) is 3.70. The van der Waals surface area contributed by atoms with Crippen molar-refractivity contribution in [1.82, 2.24) is 10.2 Å². The summed E-state index contributed by atoms with van der Waals surface area (Å²) in [6, 6.07) is 1.16. The highest BCUT2D eigenvalue weighted by molar-refractivity contribution is 7.91. The molecular weight excluding hydrogens is 260 g/mol. The fourth-order valence-electron chi connectivity index (χ4n) is 3.60. The van der Waals surface area contributed by atoms with Gasteiger partial charge in [-0.15, -0.1) is 0 Å². The SMILES string of the molecule is CCNC1CCN(CC2CCS(=O)(=O)C2)C(C)C1C. The summed E-state index contributed by atoms with van der Waals surface area (Å²) < 4.78 is 23.1. The Morgan fingerprint density at radius 2 is 2.00 bits per heavy atom. The second-order valence-corrected chi connectivity index (χ2v) is 8.55. The summed E-state index contributed by atoms with van der Waals surface area (Å²) in [5.74, 6) is 1.79. The molecule has 0 amide bonds. The minimum Gasteiger partial charge on any atom is -0.314 e. The van der Waals surface area contributed by atoms with E-state index in [4.69, 9.17) is 0 Å². The van der Waals surface area contributed by atoms with Gasteiger partial charge in [-0.3, -0.25) is 4.90 Å². The Kier molecular flexibility index (Phi) is 4.90. The maximum atomic E-state index is 11.5. The molecule has 5 heteroatoms. The minimum absolute atomic E-state index is 0.357. The molecule has 19 heavy (non-hydrogen) atoms. The predicted octanol–water partition coefficient (Wildman–Crippen LogP) is 1.13. The molecule has 0 radical (unpaired) electrons. The summed E-state index contributed by atoms with van der Waals surface area (Å²) in [4.78, 5) is 2.50. The van der Waals surface area contributed by atoms with Crippen LogP contribution in [0, 0.1) is 11.8 Å². The van der Waals surface area contributed by atoms with Crippen LogP contribution in [-0.4, -0.2) is 56.5 Å². The molecule has 4 unspecified atom stereocenters. The van der Waals surface area contributed by atoms with Crippen molar-refractivity contribution >= 4 is 9.84 Å². The van der Waals surface area contributed by atoms with E-state index in [0.29, 0.717) is 35.4 Å². The molecule has 2 fully saturated rings. The quantitative estimate of drug-likeness (QED) is 0.842. The summed E-state index contributed by atoms with van der Waals surface area (Å²) in [7, 11) is -2.74. The van der Waals surface area contributed by atoms with Gasteiger partial charge in [0.25, 0.3) is 0 Å². The number of nitrogens with one attached hydrogen (secondary N) is 1. The second-order valence-electron chi connectivity index (χ2n) is 6.32. The van der Waals surface area contributed by atoms with Crippen LogP contribution in [0.1, 0.15) is 33.6 Å². The first kappa shape index (κ1) is 15.3. The Bertz CT molecular complexity index is 396. The maximum Gasteiger partial charge on any atom is 0.150 e. The second kappa shape index (κ2) is 6.10. The minimum atomic E-state index is -2.74. The summed E-state index contributed by atoms with van der Waals surface area (Å²) in [6.07, 6.45) is 2.04. The zero-order chi connectivity index (χ0) is 14.0. The van der Waals surface area contributed by atoms with Gasteiger partial charge in [0, 0.05) is 18.6 Å². The predicted molar refractivity (Wildman–Crippen MR) is 79.0 cm³/mol. The summed E-state index contributed by atoms with van der Waals surface area (Å²) in [6.45, 7) is 9.85. The van der Waals surface area contributed by atoms with Gasteiger partial charge in [0.15, 0.2) is 9.84 Å². The highest BCUT2D eigenvalue weighted by atomic mass is 32.2. The van der Waals surface area contributed by atoms with Crippen molar-refractivity contribution in [3.8, 4) is 0 Å². The largest absolute Gasteiger partial charge is 0.314 e. The lowest BCUT2D eigenvalue weighted by atomic mass is 9.86. The molecule has 2 rings (SSSR count). The van der Waals surface area contributed by atoms with Crippen LogP contribution in [0.25, 0.3) is 0 Å². The van der Waals surface area contributed by atoms with E-state index in [0.717, 1.165) is 26.1 Å². The van der Waals surface area contributed by atoms with Crippen molar-refractivity contribution < 1.29 is 8.42 Å². The van der Waals surface area contributed by atoms with Crippen LogP contribution >= 0.6 is 0 Å². The maximum absolute atomic E-state index is 11.5. The van der Waals surface area contributed by atoms with Crippen LogP contribution in [0.4, 0.5) is 0 Å². The van der Waals surface area contributed by atoms with Crippen LogP contribution in [0.5, 0.6) is 0 Å². The number of rotatable bonds is 4. The number of piperidine rings is 1. The molecule has 2 saturated heterocycles. The number of nitrogens with zero attached hydrogens (tertiary/aromatic N) is 1. The molecule has 4 nitrogen and oxygen atoms in total. The van der Waals surface area contributed by atoms with Gasteiger partial charge in [0.2, 0.25) is 0 Å². The smallest absolute Gasteiger partial charge is 0.150 e. The fourth-order valence-corrected chi connectivity index (χ4v) is 5.44. The molecule has 4 atom stereocenters. The average Bonchev–Trinajstić information content (AvgIpc) is 2.69. The van der Waals surface area contributed by atoms with Gasteiger partial charge in [0.05, 0.1) is 11.5 Å². The van der Waals surface area contributed by atoms with Gasteiger partial charge in [-0.25, -0.2) is 8.42 Å². The lowest BCUT2D eigenvalue weighted by Gasteiger charge is -2.44. The number of sulfone groups is 1. The Labute approximate surface area is 117 Å². The van der Waals surface area contributed by atoms with E-state index in [1.165, 1.54) is 6.42 Å². The molecule has 0 aliphatic carbocycles. The molecule has 1 N–H and O–H groups in total. The van der Waals surface area contributed by atoms with Crippen LogP contribution in [0.3, 0.4) is 0 Å². The molecule has 2 heterocycles. The average molecular weight is 288 g/mol. The van der Waals surface area contributed by atoms with Crippen molar-refractivity contribution in [2.45, 2.75) is 45.7 Å². The molecule has 112 valence electrons. The van der Waals surface area contributed by atoms with Gasteiger partial charge < -0.3 is 5.32 Å². The van der Waals surface area contributed by atoms with Crippen molar-refractivity contribution in [1.29, 1.82) is 0 Å². The molecule has 0 spiro atoms. The third-order valence-corrected chi connectivity index (χ3v) is 6.82. The van der Waals surface area contributed by atoms with E-state index in [-0.39, 0.29) is 0 Å². The van der Waals surface area contributed by atoms with Gasteiger partial charge in [0.1, 0.15) is 0 Å². The first-order chi connectivity index (χ1) is 8.93. The van der Waals surface area contributed by atoms with E-state index in [9.17, 15) is 8.42 Å². The van der Waals surface area contributed by atoms with Crippen LogP contribution in [0.15, 0.2) is 0 Å². The van der Waals surface area contributed by atoms with E-state index in [1.807, 2.05) is 0 Å². The van der Waals surface area contributed by atoms with Gasteiger partial charge >= 0.3 is 0 Å². The Morgan fingerprint density at radius 3 is 2.58 bits per heavy atom. The molecule has 0 aromatic carbocycles. The van der Waals surface area contributed by atoms with Gasteiger partial charge in [-0.1, -0.05) is 13.8 Å². The van der Waals surface area contributed by atoms with Crippen molar-refractivity contribution in [2.24, 2.45) is 11.8 Å². The molecule has 0 saturated carbocycles. The molecule has 2 aliphatic heterocycles. The highest BCUT2D eigenvalue weighted by Crippen LogP contribution is 2.27. The normalized spacial score (nSPS) is 39.5. The van der Waals surface area contributed by atoms with Crippen LogP contribution < -0.4 is 5.32 Å². The summed E-state index contributed by atoms with van der Waals surface area (Å²) in [5, 5.41) is 3.57. The Hall–Kier alpha value is -0.130. The van der Waals surface area contributed by atoms with E-state index < -0.39 is 9.84 Å². The first-order valence-electron chi connectivity index (χ1n) is 7.61. The van der Waals surface area contributed by atoms with Gasteiger partial charge in [-0.2, -0.15) is 0 Å². The molecular formula is C14H28N2O2S. The lowest BCUT2D eigenvalue weighted by molar-refractivity contribution is 0.0739. The standard InChI is InChI=1S/C14H28N2O2S/c1-4-15-14-5-7-16(12(3)11(14)2)9-13-6-8-19(17,18)10-13/h11-15H,4-10H2,1-3H3. The van der Waals surface area contributed by atoms with Crippen LogP contribution in [0.2, 0.25) is 0 Å². The van der Waals surface area contributed by atoms with E-state index in [1.54, 1.807) is 0 Å². The van der Waals surface area contributed by atoms with Crippen molar-refractivity contribution in [3.05, 3.63) is 0 Å². The van der Waals surface area contributed by atoms with Crippen molar-refractivity contribution in [3.63, 3.8) is 0 Å². The summed E-state index contributed by atoms with van der Waals surface area (Å²) >= 11 is 0. The Balaban J connectivity index is 1.89. The van der Waals surface area contributed by atoms with Crippen molar-refractivity contribution in [2.75, 3.05) is 31.1 Å². The number of likely N-dealkylation sites (tertiary alicyclic amines) is 1. The zero-order valence-corrected chi connectivity index (χ0v) is 13.2. The van der Waals surface area contributed by atoms with E-state index in [2.05, 4.69) is 31.0 Å². The highest BCUT2D eigenvalue weighted by Gasteiger charge is 2.35. The topological polar surface area (TPSA) is 49.4 Å². The molecule has 0 aromatic heterocycles. The first-order valence-corrected chi connectivity index (χ1v) is 9.43. The monoisotopic (exact) mass is 288 g/mol. The third-order valence-electron chi connectivity index (χ3n) is 4.98. The zero-order valence-electron chi connectivity index (χ0n) is 12.4. The molecule has 0 bridgehead atoms. The molecule has 0 aromatic rings. The lowest BCUT2D eigenvalue weighted by Crippen LogP contribution is -2.54. The molecule has 2 aliphatic rings. The van der Waals surface area contributed by atoms with E-state index >= 15 is 0 Å². The number of hydrogen-bond donors (Lipinski definition) is 1. The summed E-state index contributed by atoms with van der Waals surface area (Å²) in [5.41, 5.74) is 0. The number of hydrogen-bond acceptors (Lipinski definition) is 4. The van der Waals surface area contributed by atoms with Gasteiger partial charge in [-0.05, 0) is 44.7 Å².